The normalized spacial score (nSPS) is 17.8. The second kappa shape index (κ2) is 7.15. The lowest BCUT2D eigenvalue weighted by Crippen LogP contribution is -2.35. The SMILES string of the molecule is CC(C)n1cnnc1C1CCCN(c2nc(-c3ccc(F)cc3)cs2)C1. The molecule has 1 fully saturated rings. The van der Waals surface area contributed by atoms with Crippen molar-refractivity contribution in [1.82, 2.24) is 19.7 Å². The molecule has 26 heavy (non-hydrogen) atoms. The van der Waals surface area contributed by atoms with Crippen molar-refractivity contribution in [2.75, 3.05) is 18.0 Å². The molecule has 1 aliphatic heterocycles. The standard InChI is InChI=1S/C19H22FN5S/c1-13(2)25-12-21-23-18(25)15-4-3-9-24(10-15)19-22-17(11-26-19)14-5-7-16(20)8-6-14/h5-8,11-13,15H,3-4,9-10H2,1-2H3. The summed E-state index contributed by atoms with van der Waals surface area (Å²) in [4.78, 5) is 7.12. The Labute approximate surface area is 156 Å². The third kappa shape index (κ3) is 3.35. The molecule has 136 valence electrons. The smallest absolute Gasteiger partial charge is 0.185 e. The molecule has 3 heterocycles. The number of piperidine rings is 1. The highest BCUT2D eigenvalue weighted by Crippen LogP contribution is 2.33. The van der Waals surface area contributed by atoms with Crippen LogP contribution in [-0.4, -0.2) is 32.8 Å². The quantitative estimate of drug-likeness (QED) is 0.677. The Balaban J connectivity index is 1.53. The average molecular weight is 371 g/mol. The molecule has 1 saturated heterocycles. The Morgan fingerprint density at radius 1 is 1.23 bits per heavy atom. The van der Waals surface area contributed by atoms with Crippen LogP contribution in [-0.2, 0) is 0 Å². The summed E-state index contributed by atoms with van der Waals surface area (Å²) in [6.45, 7) is 6.22. The van der Waals surface area contributed by atoms with Crippen LogP contribution in [0.2, 0.25) is 0 Å². The molecular weight excluding hydrogens is 349 g/mol. The summed E-state index contributed by atoms with van der Waals surface area (Å²) in [5.41, 5.74) is 1.85. The highest BCUT2D eigenvalue weighted by atomic mass is 32.1. The van der Waals surface area contributed by atoms with Crippen molar-refractivity contribution in [2.45, 2.75) is 38.6 Å². The number of anilines is 1. The number of hydrogen-bond donors (Lipinski definition) is 0. The van der Waals surface area contributed by atoms with Crippen molar-refractivity contribution >= 4 is 16.5 Å². The van der Waals surface area contributed by atoms with E-state index in [-0.39, 0.29) is 5.82 Å². The first-order valence-corrected chi connectivity index (χ1v) is 9.85. The summed E-state index contributed by atoms with van der Waals surface area (Å²) in [6, 6.07) is 6.87. The van der Waals surface area contributed by atoms with E-state index in [4.69, 9.17) is 4.98 Å². The fourth-order valence-corrected chi connectivity index (χ4v) is 4.34. The first-order chi connectivity index (χ1) is 12.6. The Bertz CT molecular complexity index is 870. The van der Waals surface area contributed by atoms with E-state index < -0.39 is 0 Å². The summed E-state index contributed by atoms with van der Waals surface area (Å²) in [5, 5.41) is 11.6. The van der Waals surface area contributed by atoms with E-state index in [2.05, 4.69) is 33.5 Å². The van der Waals surface area contributed by atoms with Gasteiger partial charge in [-0.2, -0.15) is 0 Å². The first kappa shape index (κ1) is 17.1. The van der Waals surface area contributed by atoms with Crippen LogP contribution in [0.25, 0.3) is 11.3 Å². The number of hydrogen-bond acceptors (Lipinski definition) is 5. The zero-order valence-corrected chi connectivity index (χ0v) is 15.8. The number of halogens is 1. The average Bonchev–Trinajstić information content (AvgIpc) is 3.32. The number of nitrogens with zero attached hydrogens (tertiary/aromatic N) is 5. The van der Waals surface area contributed by atoms with Gasteiger partial charge in [0.05, 0.1) is 5.69 Å². The van der Waals surface area contributed by atoms with Gasteiger partial charge in [-0.25, -0.2) is 9.37 Å². The minimum atomic E-state index is -0.225. The van der Waals surface area contributed by atoms with E-state index in [1.165, 1.54) is 12.1 Å². The topological polar surface area (TPSA) is 46.8 Å². The molecule has 0 spiro atoms. The van der Waals surface area contributed by atoms with Crippen molar-refractivity contribution in [3.05, 3.63) is 47.6 Å². The highest BCUT2D eigenvalue weighted by Gasteiger charge is 2.27. The van der Waals surface area contributed by atoms with Crippen molar-refractivity contribution in [1.29, 1.82) is 0 Å². The maximum atomic E-state index is 13.1. The van der Waals surface area contributed by atoms with Gasteiger partial charge in [-0.3, -0.25) is 0 Å². The number of aromatic nitrogens is 4. The molecule has 1 aliphatic rings. The molecule has 2 aromatic heterocycles. The van der Waals surface area contributed by atoms with Crippen LogP contribution in [0, 0.1) is 5.82 Å². The maximum absolute atomic E-state index is 13.1. The van der Waals surface area contributed by atoms with E-state index >= 15 is 0 Å². The minimum absolute atomic E-state index is 0.225. The predicted molar refractivity (Wildman–Crippen MR) is 102 cm³/mol. The third-order valence-corrected chi connectivity index (χ3v) is 5.75. The highest BCUT2D eigenvalue weighted by molar-refractivity contribution is 7.14. The Morgan fingerprint density at radius 2 is 2.04 bits per heavy atom. The molecule has 0 aliphatic carbocycles. The molecule has 3 aromatic rings. The zero-order valence-electron chi connectivity index (χ0n) is 15.0. The Kier molecular flexibility index (Phi) is 4.72. The van der Waals surface area contributed by atoms with Crippen LogP contribution >= 0.6 is 11.3 Å². The zero-order chi connectivity index (χ0) is 18.1. The van der Waals surface area contributed by atoms with Crippen LogP contribution in [0.3, 0.4) is 0 Å². The fourth-order valence-electron chi connectivity index (χ4n) is 3.47. The number of rotatable bonds is 4. The van der Waals surface area contributed by atoms with Crippen LogP contribution in [0.1, 0.15) is 44.5 Å². The maximum Gasteiger partial charge on any atom is 0.185 e. The summed E-state index contributed by atoms with van der Waals surface area (Å²) in [5.74, 6) is 1.21. The number of thiazole rings is 1. The monoisotopic (exact) mass is 371 g/mol. The lowest BCUT2D eigenvalue weighted by Gasteiger charge is -2.32. The molecule has 1 unspecified atom stereocenters. The van der Waals surface area contributed by atoms with Gasteiger partial charge >= 0.3 is 0 Å². The lowest BCUT2D eigenvalue weighted by atomic mass is 9.97. The summed E-state index contributed by atoms with van der Waals surface area (Å²) in [7, 11) is 0. The molecule has 5 nitrogen and oxygen atoms in total. The molecule has 7 heteroatoms. The van der Waals surface area contributed by atoms with Gasteiger partial charge in [-0.05, 0) is 51.0 Å². The van der Waals surface area contributed by atoms with E-state index in [1.807, 2.05) is 11.7 Å². The molecule has 4 rings (SSSR count). The molecule has 0 amide bonds. The van der Waals surface area contributed by atoms with E-state index in [9.17, 15) is 4.39 Å². The molecule has 0 saturated carbocycles. The van der Waals surface area contributed by atoms with Crippen molar-refractivity contribution in [2.24, 2.45) is 0 Å². The summed E-state index contributed by atoms with van der Waals surface area (Å²) >= 11 is 1.64. The fraction of sp³-hybridized carbons (Fsp3) is 0.421. The summed E-state index contributed by atoms with van der Waals surface area (Å²) < 4.78 is 15.3. The first-order valence-electron chi connectivity index (χ1n) is 8.97. The van der Waals surface area contributed by atoms with Gasteiger partial charge in [-0.1, -0.05) is 0 Å². The molecule has 1 atom stereocenters. The van der Waals surface area contributed by atoms with Gasteiger partial charge in [0, 0.05) is 36.0 Å². The van der Waals surface area contributed by atoms with Gasteiger partial charge in [-0.15, -0.1) is 21.5 Å². The molecule has 0 radical (unpaired) electrons. The van der Waals surface area contributed by atoms with Crippen LogP contribution in [0.15, 0.2) is 36.0 Å². The minimum Gasteiger partial charge on any atom is -0.347 e. The molecule has 1 aromatic carbocycles. The van der Waals surface area contributed by atoms with Crippen LogP contribution < -0.4 is 4.90 Å². The van der Waals surface area contributed by atoms with Gasteiger partial charge in [0.15, 0.2) is 5.13 Å². The second-order valence-electron chi connectivity index (χ2n) is 7.00. The number of benzene rings is 1. The lowest BCUT2D eigenvalue weighted by molar-refractivity contribution is 0.454. The molecule has 0 bridgehead atoms. The Morgan fingerprint density at radius 3 is 2.81 bits per heavy atom. The summed E-state index contributed by atoms with van der Waals surface area (Å²) in [6.07, 6.45) is 4.06. The van der Waals surface area contributed by atoms with Crippen LogP contribution in [0.5, 0.6) is 0 Å². The van der Waals surface area contributed by atoms with Crippen molar-refractivity contribution < 1.29 is 4.39 Å². The van der Waals surface area contributed by atoms with Crippen LogP contribution in [0.4, 0.5) is 9.52 Å². The molecular formula is C19H22FN5S. The Hall–Kier alpha value is -2.28. The largest absolute Gasteiger partial charge is 0.347 e. The molecule has 0 N–H and O–H groups in total. The predicted octanol–water partition coefficient (Wildman–Crippen LogP) is 4.51. The third-order valence-electron chi connectivity index (χ3n) is 4.85. The van der Waals surface area contributed by atoms with E-state index in [0.29, 0.717) is 12.0 Å². The van der Waals surface area contributed by atoms with E-state index in [0.717, 1.165) is 48.1 Å². The van der Waals surface area contributed by atoms with Gasteiger partial charge in [0.2, 0.25) is 0 Å². The van der Waals surface area contributed by atoms with Gasteiger partial charge in [0.1, 0.15) is 18.0 Å². The second-order valence-corrected chi connectivity index (χ2v) is 7.83. The van der Waals surface area contributed by atoms with Gasteiger partial charge in [0.25, 0.3) is 0 Å². The van der Waals surface area contributed by atoms with Crippen molar-refractivity contribution in [3.63, 3.8) is 0 Å². The van der Waals surface area contributed by atoms with Crippen molar-refractivity contribution in [3.8, 4) is 11.3 Å². The van der Waals surface area contributed by atoms with E-state index in [1.54, 1.807) is 23.5 Å². The van der Waals surface area contributed by atoms with Gasteiger partial charge < -0.3 is 9.47 Å².